The van der Waals surface area contributed by atoms with Gasteiger partial charge in [-0.15, -0.1) is 0 Å². The van der Waals surface area contributed by atoms with Gasteiger partial charge < -0.3 is 4.74 Å². The highest BCUT2D eigenvalue weighted by Crippen LogP contribution is 2.36. The van der Waals surface area contributed by atoms with Crippen molar-refractivity contribution in [3.63, 3.8) is 0 Å². The summed E-state index contributed by atoms with van der Waals surface area (Å²) in [5, 5.41) is 2.12. The van der Waals surface area contributed by atoms with Crippen molar-refractivity contribution >= 4 is 23.6 Å². The smallest absolute Gasteiger partial charge is 0.138 e. The topological polar surface area (TPSA) is 62.9 Å². The zero-order chi connectivity index (χ0) is 20.8. The lowest BCUT2D eigenvalue weighted by molar-refractivity contribution is 0.413. The largest absolute Gasteiger partial charge is 0.496 e. The zero-order valence-corrected chi connectivity index (χ0v) is 16.9. The maximum atomic E-state index is 15.4. The Morgan fingerprint density at radius 2 is 1.93 bits per heavy atom. The molecule has 150 valence electrons. The summed E-state index contributed by atoms with van der Waals surface area (Å²) in [5.41, 5.74) is 5.96. The highest BCUT2D eigenvalue weighted by molar-refractivity contribution is 6.30. The van der Waals surface area contributed by atoms with Crippen LogP contribution < -0.4 is 21.1 Å². The van der Waals surface area contributed by atoms with Crippen LogP contribution in [0.1, 0.15) is 11.1 Å². The van der Waals surface area contributed by atoms with Crippen molar-refractivity contribution in [1.82, 2.24) is 5.53 Å². The van der Waals surface area contributed by atoms with Crippen molar-refractivity contribution in [2.24, 2.45) is 10.8 Å². The van der Waals surface area contributed by atoms with Crippen molar-refractivity contribution in [2.45, 2.75) is 6.42 Å². The predicted octanol–water partition coefficient (Wildman–Crippen LogP) is 4.59. The molecule has 0 saturated heterocycles. The number of aliphatic imine (C=N–C) groups is 1. The summed E-state index contributed by atoms with van der Waals surface area (Å²) in [6.07, 6.45) is 2.00. The third-order valence-corrected chi connectivity index (χ3v) is 4.73. The molecule has 29 heavy (non-hydrogen) atoms. The van der Waals surface area contributed by atoms with Gasteiger partial charge in [0.25, 0.3) is 0 Å². The second-order valence-electron chi connectivity index (χ2n) is 6.34. The van der Waals surface area contributed by atoms with Crippen LogP contribution in [0.25, 0.3) is 11.1 Å². The molecule has 0 unspecified atom stereocenters. The van der Waals surface area contributed by atoms with Crippen LogP contribution in [0.2, 0.25) is 5.02 Å². The van der Waals surface area contributed by atoms with Crippen LogP contribution in [0, 0.1) is 5.82 Å². The summed E-state index contributed by atoms with van der Waals surface area (Å²) < 4.78 is 20.8. The minimum atomic E-state index is -0.320. The number of methoxy groups -OCH3 is 1. The van der Waals surface area contributed by atoms with E-state index in [1.807, 2.05) is 30.3 Å². The van der Waals surface area contributed by atoms with Gasteiger partial charge in [-0.05, 0) is 47.0 Å². The van der Waals surface area contributed by atoms with E-state index in [0.29, 0.717) is 33.9 Å². The van der Waals surface area contributed by atoms with Crippen molar-refractivity contribution < 1.29 is 9.13 Å². The molecule has 0 heterocycles. The lowest BCUT2D eigenvalue weighted by Gasteiger charge is -2.17. The van der Waals surface area contributed by atoms with Gasteiger partial charge in [-0.2, -0.15) is 5.53 Å². The Morgan fingerprint density at radius 3 is 2.55 bits per heavy atom. The van der Waals surface area contributed by atoms with E-state index in [2.05, 4.69) is 10.5 Å². The molecule has 0 bridgehead atoms. The van der Waals surface area contributed by atoms with Crippen LogP contribution in [-0.4, -0.2) is 20.5 Å². The maximum Gasteiger partial charge on any atom is 0.138 e. The van der Waals surface area contributed by atoms with Gasteiger partial charge in [-0.1, -0.05) is 41.9 Å². The predicted molar refractivity (Wildman–Crippen MR) is 117 cm³/mol. The average Bonchev–Trinajstić information content (AvgIpc) is 2.74. The van der Waals surface area contributed by atoms with Crippen LogP contribution in [0.15, 0.2) is 65.7 Å². The normalized spacial score (nSPS) is 11.1. The van der Waals surface area contributed by atoms with E-state index in [-0.39, 0.29) is 5.82 Å². The quantitative estimate of drug-likeness (QED) is 0.258. The van der Waals surface area contributed by atoms with Gasteiger partial charge in [-0.3, -0.25) is 15.8 Å². The fourth-order valence-corrected chi connectivity index (χ4v) is 3.30. The molecule has 3 aromatic rings. The van der Waals surface area contributed by atoms with E-state index < -0.39 is 0 Å². The van der Waals surface area contributed by atoms with Crippen molar-refractivity contribution in [1.29, 1.82) is 0 Å². The van der Waals surface area contributed by atoms with Gasteiger partial charge in [0.1, 0.15) is 17.9 Å². The standard InChI is InChI=1S/C22H22ClFN4O/c1-26-14-28(27-25)19-9-6-15(7-10-19)12-17-8-11-20(29-2)21(22(17)24)16-4-3-5-18(23)13-16/h3-11,13-14,27H,12,25H2,1-2H3/b26-14-. The van der Waals surface area contributed by atoms with Crippen molar-refractivity contribution in [3.8, 4) is 16.9 Å². The Labute approximate surface area is 174 Å². The van der Waals surface area contributed by atoms with E-state index >= 15 is 4.39 Å². The fourth-order valence-electron chi connectivity index (χ4n) is 3.11. The first-order valence-corrected chi connectivity index (χ1v) is 9.33. The third kappa shape index (κ3) is 4.74. The molecule has 0 fully saturated rings. The number of ether oxygens (including phenoxy) is 1. The van der Waals surface area contributed by atoms with Crippen LogP contribution in [-0.2, 0) is 6.42 Å². The number of anilines is 1. The zero-order valence-electron chi connectivity index (χ0n) is 16.2. The molecule has 0 radical (unpaired) electrons. The third-order valence-electron chi connectivity index (χ3n) is 4.50. The van der Waals surface area contributed by atoms with Gasteiger partial charge in [0.05, 0.1) is 18.4 Å². The van der Waals surface area contributed by atoms with E-state index in [1.54, 1.807) is 48.7 Å². The number of hydrogen-bond donors (Lipinski definition) is 2. The average molecular weight is 413 g/mol. The molecule has 5 nitrogen and oxygen atoms in total. The van der Waals surface area contributed by atoms with Gasteiger partial charge in [0.2, 0.25) is 0 Å². The molecule has 0 amide bonds. The molecule has 0 aliphatic heterocycles. The Kier molecular flexibility index (Phi) is 6.82. The molecular formula is C22H22ClFN4O. The van der Waals surface area contributed by atoms with Crippen molar-refractivity contribution in [2.75, 3.05) is 19.2 Å². The van der Waals surface area contributed by atoms with E-state index in [4.69, 9.17) is 22.2 Å². The number of hydrogen-bond acceptors (Lipinski definition) is 4. The summed E-state index contributed by atoms with van der Waals surface area (Å²) in [4.78, 5) is 3.93. The molecule has 0 saturated carbocycles. The molecule has 3 N–H and O–H groups in total. The van der Waals surface area contributed by atoms with Gasteiger partial charge in [0.15, 0.2) is 0 Å². The van der Waals surface area contributed by atoms with Crippen LogP contribution in [0.4, 0.5) is 10.1 Å². The second-order valence-corrected chi connectivity index (χ2v) is 6.78. The molecule has 0 aliphatic rings. The number of rotatable bonds is 7. The Hall–Kier alpha value is -2.93. The number of nitrogens with one attached hydrogen (secondary N) is 1. The molecule has 0 spiro atoms. The first-order valence-electron chi connectivity index (χ1n) is 8.95. The number of benzene rings is 3. The number of hydrazine groups is 2. The molecule has 3 rings (SSSR count). The summed E-state index contributed by atoms with van der Waals surface area (Å²) in [6.45, 7) is 0. The Bertz CT molecular complexity index is 1010. The minimum Gasteiger partial charge on any atom is -0.496 e. The molecule has 7 heteroatoms. The number of nitrogens with two attached hydrogens (primary N) is 1. The number of nitrogens with zero attached hydrogens (tertiary/aromatic N) is 2. The van der Waals surface area contributed by atoms with Crippen LogP contribution in [0.3, 0.4) is 0 Å². The van der Waals surface area contributed by atoms with Crippen LogP contribution in [0.5, 0.6) is 5.75 Å². The summed E-state index contributed by atoms with van der Waals surface area (Å²) >= 11 is 6.10. The van der Waals surface area contributed by atoms with Crippen molar-refractivity contribution in [3.05, 3.63) is 82.6 Å². The highest BCUT2D eigenvalue weighted by atomic mass is 35.5. The van der Waals surface area contributed by atoms with Gasteiger partial charge in [0, 0.05) is 18.5 Å². The van der Waals surface area contributed by atoms with Gasteiger partial charge in [-0.25, -0.2) is 4.39 Å². The van der Waals surface area contributed by atoms with Crippen LogP contribution >= 0.6 is 11.6 Å². The summed E-state index contributed by atoms with van der Waals surface area (Å²) in [6, 6.07) is 18.2. The first kappa shape index (κ1) is 20.8. The number of halogens is 2. The first-order chi connectivity index (χ1) is 14.1. The Morgan fingerprint density at radius 1 is 1.17 bits per heavy atom. The SMILES string of the molecule is C/N=C\N(NN)c1ccc(Cc2ccc(OC)c(-c3cccc(Cl)c3)c2F)cc1. The lowest BCUT2D eigenvalue weighted by atomic mass is 9.97. The molecule has 3 aromatic carbocycles. The molecule has 0 aliphatic carbocycles. The second kappa shape index (κ2) is 9.52. The summed E-state index contributed by atoms with van der Waals surface area (Å²) in [7, 11) is 3.18. The van der Waals surface area contributed by atoms with Gasteiger partial charge >= 0.3 is 0 Å². The fraction of sp³-hybridized carbons (Fsp3) is 0.136. The van der Waals surface area contributed by atoms with E-state index in [0.717, 1.165) is 11.3 Å². The van der Waals surface area contributed by atoms with E-state index in [1.165, 1.54) is 7.11 Å². The van der Waals surface area contributed by atoms with E-state index in [9.17, 15) is 0 Å². The minimum absolute atomic E-state index is 0.320. The molecule has 0 aromatic heterocycles. The molecule has 0 atom stereocenters. The maximum absolute atomic E-state index is 15.4. The lowest BCUT2D eigenvalue weighted by Crippen LogP contribution is -2.42. The molecular weight excluding hydrogens is 391 g/mol. The Balaban J connectivity index is 1.93. The monoisotopic (exact) mass is 412 g/mol. The summed E-state index contributed by atoms with van der Waals surface area (Å²) in [5.74, 6) is 5.64. The highest BCUT2D eigenvalue weighted by Gasteiger charge is 2.17.